The van der Waals surface area contributed by atoms with E-state index in [1.54, 1.807) is 6.92 Å². The topological polar surface area (TPSA) is 90.2 Å². The van der Waals surface area contributed by atoms with Gasteiger partial charge in [-0.3, -0.25) is 9.59 Å². The SMILES string of the molecule is CC(C#N)CNC(=O)[C@H]1C2C=CC(C2)[C@H]1C(=O)O. The van der Waals surface area contributed by atoms with Gasteiger partial charge < -0.3 is 10.4 Å². The summed E-state index contributed by atoms with van der Waals surface area (Å²) in [5, 5.41) is 20.6. The molecule has 2 rings (SSSR count). The van der Waals surface area contributed by atoms with Crippen LogP contribution in [0.1, 0.15) is 13.3 Å². The Morgan fingerprint density at radius 1 is 1.44 bits per heavy atom. The quantitative estimate of drug-likeness (QED) is 0.719. The lowest BCUT2D eigenvalue weighted by Gasteiger charge is -2.24. The van der Waals surface area contributed by atoms with Crippen LogP contribution in [-0.2, 0) is 9.59 Å². The molecule has 2 aliphatic rings. The summed E-state index contributed by atoms with van der Waals surface area (Å²) in [7, 11) is 0. The number of rotatable bonds is 4. The minimum absolute atomic E-state index is 0.0170. The highest BCUT2D eigenvalue weighted by Gasteiger charge is 2.51. The number of hydrogen-bond donors (Lipinski definition) is 2. The van der Waals surface area contributed by atoms with Crippen LogP contribution in [0, 0.1) is 40.9 Å². The lowest BCUT2D eigenvalue weighted by Crippen LogP contribution is -2.41. The first-order chi connectivity index (χ1) is 8.54. The van der Waals surface area contributed by atoms with E-state index < -0.39 is 17.8 Å². The van der Waals surface area contributed by atoms with Crippen LogP contribution in [0.15, 0.2) is 12.2 Å². The third kappa shape index (κ3) is 2.10. The smallest absolute Gasteiger partial charge is 0.307 e. The maximum absolute atomic E-state index is 12.1. The number of carboxylic acid groups (broad SMARTS) is 1. The molecule has 3 unspecified atom stereocenters. The first kappa shape index (κ1) is 12.6. The molecular weight excluding hydrogens is 232 g/mol. The number of nitrogens with zero attached hydrogens (tertiary/aromatic N) is 1. The Bertz CT molecular complexity index is 438. The summed E-state index contributed by atoms with van der Waals surface area (Å²) in [4.78, 5) is 23.3. The number of carbonyl (C=O) groups is 2. The zero-order valence-electron chi connectivity index (χ0n) is 10.2. The van der Waals surface area contributed by atoms with Crippen molar-refractivity contribution >= 4 is 11.9 Å². The summed E-state index contributed by atoms with van der Waals surface area (Å²) >= 11 is 0. The Balaban J connectivity index is 2.03. The molecule has 2 bridgehead atoms. The van der Waals surface area contributed by atoms with Crippen molar-refractivity contribution in [1.29, 1.82) is 5.26 Å². The number of nitriles is 1. The lowest BCUT2D eigenvalue weighted by molar-refractivity contribution is -0.147. The second kappa shape index (κ2) is 4.81. The highest BCUT2D eigenvalue weighted by Crippen LogP contribution is 2.48. The molecule has 0 aromatic carbocycles. The number of carbonyl (C=O) groups excluding carboxylic acids is 1. The Kier molecular flexibility index (Phi) is 3.37. The zero-order chi connectivity index (χ0) is 13.3. The molecule has 5 heteroatoms. The van der Waals surface area contributed by atoms with Gasteiger partial charge in [0.1, 0.15) is 0 Å². The highest BCUT2D eigenvalue weighted by atomic mass is 16.4. The molecular formula is C13H16N2O3. The van der Waals surface area contributed by atoms with Gasteiger partial charge in [-0.15, -0.1) is 0 Å². The average Bonchev–Trinajstić information content (AvgIpc) is 2.95. The van der Waals surface area contributed by atoms with Crippen molar-refractivity contribution in [2.75, 3.05) is 6.54 Å². The van der Waals surface area contributed by atoms with Crippen LogP contribution in [0.3, 0.4) is 0 Å². The van der Waals surface area contributed by atoms with Gasteiger partial charge in [0.05, 0.1) is 23.8 Å². The van der Waals surface area contributed by atoms with E-state index in [2.05, 4.69) is 5.32 Å². The van der Waals surface area contributed by atoms with E-state index in [0.717, 1.165) is 6.42 Å². The predicted octanol–water partition coefficient (Wildman–Crippen LogP) is 0.785. The first-order valence-corrected chi connectivity index (χ1v) is 6.13. The van der Waals surface area contributed by atoms with Gasteiger partial charge in [0, 0.05) is 6.54 Å². The molecule has 1 amide bonds. The van der Waals surface area contributed by atoms with Crippen LogP contribution in [0.5, 0.6) is 0 Å². The molecule has 5 atom stereocenters. The van der Waals surface area contributed by atoms with E-state index in [0.29, 0.717) is 0 Å². The molecule has 18 heavy (non-hydrogen) atoms. The molecule has 5 nitrogen and oxygen atoms in total. The minimum atomic E-state index is -0.902. The van der Waals surface area contributed by atoms with Crippen molar-refractivity contribution in [3.63, 3.8) is 0 Å². The van der Waals surface area contributed by atoms with Gasteiger partial charge in [0.2, 0.25) is 5.91 Å². The van der Waals surface area contributed by atoms with E-state index in [-0.39, 0.29) is 30.2 Å². The van der Waals surface area contributed by atoms with Crippen molar-refractivity contribution in [3.8, 4) is 6.07 Å². The molecule has 1 saturated carbocycles. The normalized spacial score (nSPS) is 34.0. The largest absolute Gasteiger partial charge is 0.481 e. The summed E-state index contributed by atoms with van der Waals surface area (Å²) in [5.74, 6) is -2.47. The van der Waals surface area contributed by atoms with Crippen molar-refractivity contribution < 1.29 is 14.7 Å². The number of aliphatic carboxylic acids is 1. The summed E-state index contributed by atoms with van der Waals surface area (Å²) < 4.78 is 0. The molecule has 0 aromatic heterocycles. The predicted molar refractivity (Wildman–Crippen MR) is 63.1 cm³/mol. The third-order valence-electron chi connectivity index (χ3n) is 3.85. The maximum Gasteiger partial charge on any atom is 0.307 e. The fraction of sp³-hybridized carbons (Fsp3) is 0.615. The Morgan fingerprint density at radius 3 is 2.61 bits per heavy atom. The van der Waals surface area contributed by atoms with Crippen molar-refractivity contribution in [2.24, 2.45) is 29.6 Å². The molecule has 0 spiro atoms. The molecule has 0 aromatic rings. The fourth-order valence-corrected chi connectivity index (χ4v) is 2.93. The van der Waals surface area contributed by atoms with Crippen LogP contribution < -0.4 is 5.32 Å². The van der Waals surface area contributed by atoms with Crippen LogP contribution in [0.2, 0.25) is 0 Å². The van der Waals surface area contributed by atoms with Crippen LogP contribution in [0.25, 0.3) is 0 Å². The Morgan fingerprint density at radius 2 is 2.06 bits per heavy atom. The number of hydrogen-bond acceptors (Lipinski definition) is 3. The molecule has 1 fully saturated rings. The molecule has 96 valence electrons. The summed E-state index contributed by atoms with van der Waals surface area (Å²) in [6, 6.07) is 2.03. The fourth-order valence-electron chi connectivity index (χ4n) is 2.93. The maximum atomic E-state index is 12.1. The zero-order valence-corrected chi connectivity index (χ0v) is 10.2. The average molecular weight is 248 g/mol. The Labute approximate surface area is 105 Å². The monoisotopic (exact) mass is 248 g/mol. The van der Waals surface area contributed by atoms with E-state index in [1.165, 1.54) is 0 Å². The van der Waals surface area contributed by atoms with E-state index in [1.807, 2.05) is 18.2 Å². The molecule has 0 radical (unpaired) electrons. The number of amides is 1. The standard InChI is InChI=1S/C13H16N2O3/c1-7(5-14)6-15-12(16)10-8-2-3-9(4-8)11(10)13(17)18/h2-3,7-11H,4,6H2,1H3,(H,15,16)(H,17,18)/t7?,8?,9?,10-,11+/m0/s1. The van der Waals surface area contributed by atoms with Gasteiger partial charge in [-0.2, -0.15) is 5.26 Å². The lowest BCUT2D eigenvalue weighted by atomic mass is 9.82. The van der Waals surface area contributed by atoms with E-state index in [4.69, 9.17) is 5.26 Å². The second-order valence-electron chi connectivity index (χ2n) is 5.11. The van der Waals surface area contributed by atoms with Gasteiger partial charge in [0.15, 0.2) is 0 Å². The molecule has 0 saturated heterocycles. The van der Waals surface area contributed by atoms with Gasteiger partial charge in [-0.1, -0.05) is 12.2 Å². The summed E-state index contributed by atoms with van der Waals surface area (Å²) in [5.41, 5.74) is 0. The third-order valence-corrected chi connectivity index (χ3v) is 3.85. The van der Waals surface area contributed by atoms with Crippen LogP contribution in [-0.4, -0.2) is 23.5 Å². The van der Waals surface area contributed by atoms with Gasteiger partial charge in [0.25, 0.3) is 0 Å². The first-order valence-electron chi connectivity index (χ1n) is 6.13. The summed E-state index contributed by atoms with van der Waals surface area (Å²) in [6.07, 6.45) is 4.61. The van der Waals surface area contributed by atoms with Crippen LogP contribution in [0.4, 0.5) is 0 Å². The van der Waals surface area contributed by atoms with Crippen molar-refractivity contribution in [1.82, 2.24) is 5.32 Å². The van der Waals surface area contributed by atoms with Crippen molar-refractivity contribution in [3.05, 3.63) is 12.2 Å². The second-order valence-corrected chi connectivity index (χ2v) is 5.11. The molecule has 0 aliphatic heterocycles. The van der Waals surface area contributed by atoms with Crippen LogP contribution >= 0.6 is 0 Å². The van der Waals surface area contributed by atoms with Gasteiger partial charge in [-0.25, -0.2) is 0 Å². The molecule has 2 N–H and O–H groups in total. The molecule has 0 heterocycles. The number of allylic oxidation sites excluding steroid dienone is 2. The van der Waals surface area contributed by atoms with Crippen molar-refractivity contribution in [2.45, 2.75) is 13.3 Å². The minimum Gasteiger partial charge on any atom is -0.481 e. The number of nitrogens with one attached hydrogen (secondary N) is 1. The van der Waals surface area contributed by atoms with Gasteiger partial charge in [-0.05, 0) is 25.2 Å². The van der Waals surface area contributed by atoms with Gasteiger partial charge >= 0.3 is 5.97 Å². The number of fused-ring (bicyclic) bond motifs is 2. The summed E-state index contributed by atoms with van der Waals surface area (Å²) in [6.45, 7) is 1.99. The van der Waals surface area contributed by atoms with E-state index in [9.17, 15) is 14.7 Å². The van der Waals surface area contributed by atoms with E-state index >= 15 is 0 Å². The highest BCUT2D eigenvalue weighted by molar-refractivity contribution is 5.86. The molecule has 2 aliphatic carbocycles. The Hall–Kier alpha value is -1.83. The number of carboxylic acids is 1.